The van der Waals surface area contributed by atoms with Gasteiger partial charge in [0.25, 0.3) is 0 Å². The molecule has 3 heteroatoms. The van der Waals surface area contributed by atoms with Crippen molar-refractivity contribution in [2.24, 2.45) is 5.92 Å². The summed E-state index contributed by atoms with van der Waals surface area (Å²) in [6, 6.07) is 6.38. The Labute approximate surface area is 88.1 Å². The van der Waals surface area contributed by atoms with Crippen LogP contribution in [0.2, 0.25) is 0 Å². The second kappa shape index (κ2) is 4.53. The summed E-state index contributed by atoms with van der Waals surface area (Å²) < 4.78 is 18.1. The number of hydrogen-bond acceptors (Lipinski definition) is 2. The molecule has 0 amide bonds. The highest BCUT2D eigenvalue weighted by molar-refractivity contribution is 5.82. The van der Waals surface area contributed by atoms with Crippen molar-refractivity contribution in [1.29, 1.82) is 0 Å². The third-order valence-corrected chi connectivity index (χ3v) is 2.64. The Morgan fingerprint density at radius 1 is 1.47 bits per heavy atom. The normalized spacial score (nSPS) is 21.7. The van der Waals surface area contributed by atoms with Gasteiger partial charge in [-0.25, -0.2) is 4.39 Å². The van der Waals surface area contributed by atoms with Crippen LogP contribution >= 0.6 is 0 Å². The fraction of sp³-hybridized carbons (Fsp3) is 0.417. The van der Waals surface area contributed by atoms with Crippen molar-refractivity contribution in [1.82, 2.24) is 0 Å². The Hall–Kier alpha value is -1.22. The van der Waals surface area contributed by atoms with Gasteiger partial charge in [0.2, 0.25) is 0 Å². The highest BCUT2D eigenvalue weighted by atomic mass is 19.1. The van der Waals surface area contributed by atoms with Crippen LogP contribution in [0.5, 0.6) is 0 Å². The van der Waals surface area contributed by atoms with Crippen molar-refractivity contribution in [3.05, 3.63) is 35.6 Å². The predicted octanol–water partition coefficient (Wildman–Crippen LogP) is 1.97. The molecule has 1 aliphatic heterocycles. The van der Waals surface area contributed by atoms with E-state index in [1.807, 2.05) is 6.07 Å². The van der Waals surface area contributed by atoms with Crippen molar-refractivity contribution in [3.8, 4) is 0 Å². The van der Waals surface area contributed by atoms with Crippen molar-refractivity contribution in [3.63, 3.8) is 0 Å². The molecular formula is C12H13FO2. The van der Waals surface area contributed by atoms with Crippen molar-refractivity contribution in [2.75, 3.05) is 13.2 Å². The summed E-state index contributed by atoms with van der Waals surface area (Å²) in [6.07, 6.45) is 1.07. The Morgan fingerprint density at radius 2 is 2.33 bits per heavy atom. The van der Waals surface area contributed by atoms with E-state index in [0.29, 0.717) is 26.1 Å². The molecule has 2 rings (SSSR count). The molecule has 1 heterocycles. The standard InChI is InChI=1S/C12H13FO2/c13-11-3-1-2-9(7-11)6-10-8-15-5-4-12(10)14/h1-3,7,10H,4-6,8H2. The van der Waals surface area contributed by atoms with Gasteiger partial charge >= 0.3 is 0 Å². The summed E-state index contributed by atoms with van der Waals surface area (Å²) in [5.74, 6) is -0.122. The number of rotatable bonds is 2. The van der Waals surface area contributed by atoms with Gasteiger partial charge in [-0.3, -0.25) is 4.79 Å². The molecule has 80 valence electrons. The fourth-order valence-electron chi connectivity index (χ4n) is 1.82. The lowest BCUT2D eigenvalue weighted by Gasteiger charge is -2.20. The minimum absolute atomic E-state index is 0.0967. The van der Waals surface area contributed by atoms with Crippen molar-refractivity contribution >= 4 is 5.78 Å². The van der Waals surface area contributed by atoms with Crippen LogP contribution in [0, 0.1) is 11.7 Å². The molecule has 2 nitrogen and oxygen atoms in total. The molecule has 0 aromatic heterocycles. The molecule has 0 saturated carbocycles. The number of ketones is 1. The van der Waals surface area contributed by atoms with E-state index in [1.54, 1.807) is 6.07 Å². The molecular weight excluding hydrogens is 195 g/mol. The lowest BCUT2D eigenvalue weighted by Crippen LogP contribution is -2.29. The van der Waals surface area contributed by atoms with E-state index in [9.17, 15) is 9.18 Å². The van der Waals surface area contributed by atoms with Crippen LogP contribution in [0.1, 0.15) is 12.0 Å². The Kier molecular flexibility index (Phi) is 3.11. The summed E-state index contributed by atoms with van der Waals surface area (Å²) in [5, 5.41) is 0. The Balaban J connectivity index is 2.04. The van der Waals surface area contributed by atoms with E-state index in [-0.39, 0.29) is 17.5 Å². The highest BCUT2D eigenvalue weighted by Crippen LogP contribution is 2.16. The van der Waals surface area contributed by atoms with E-state index in [0.717, 1.165) is 5.56 Å². The number of halogens is 1. The molecule has 0 radical (unpaired) electrons. The van der Waals surface area contributed by atoms with Crippen molar-refractivity contribution in [2.45, 2.75) is 12.8 Å². The van der Waals surface area contributed by atoms with Crippen LogP contribution in [0.4, 0.5) is 4.39 Å². The molecule has 1 saturated heterocycles. The van der Waals surface area contributed by atoms with Gasteiger partial charge in [-0.15, -0.1) is 0 Å². The maximum Gasteiger partial charge on any atom is 0.140 e. The zero-order chi connectivity index (χ0) is 10.7. The summed E-state index contributed by atoms with van der Waals surface area (Å²) in [5.41, 5.74) is 0.860. The third-order valence-electron chi connectivity index (χ3n) is 2.64. The molecule has 0 aliphatic carbocycles. The zero-order valence-corrected chi connectivity index (χ0v) is 8.41. The van der Waals surface area contributed by atoms with Gasteiger partial charge in [0, 0.05) is 12.3 Å². The number of carbonyl (C=O) groups is 1. The van der Waals surface area contributed by atoms with E-state index in [2.05, 4.69) is 0 Å². The molecule has 0 bridgehead atoms. The maximum atomic E-state index is 12.9. The Bertz CT molecular complexity index is 362. The summed E-state index contributed by atoms with van der Waals surface area (Å²) in [7, 11) is 0. The minimum atomic E-state index is -0.253. The third kappa shape index (κ3) is 2.63. The van der Waals surface area contributed by atoms with Gasteiger partial charge in [-0.05, 0) is 24.1 Å². The van der Waals surface area contributed by atoms with Gasteiger partial charge in [0.1, 0.15) is 11.6 Å². The lowest BCUT2D eigenvalue weighted by atomic mass is 9.93. The molecule has 1 atom stereocenters. The SMILES string of the molecule is O=C1CCOCC1Cc1cccc(F)c1. The molecule has 1 aromatic rings. The van der Waals surface area contributed by atoms with E-state index < -0.39 is 0 Å². The molecule has 1 aromatic carbocycles. The van der Waals surface area contributed by atoms with Crippen LogP contribution in [0.25, 0.3) is 0 Å². The quantitative estimate of drug-likeness (QED) is 0.742. The van der Waals surface area contributed by atoms with Gasteiger partial charge < -0.3 is 4.74 Å². The van der Waals surface area contributed by atoms with Gasteiger partial charge in [-0.1, -0.05) is 12.1 Å². The summed E-state index contributed by atoms with van der Waals surface area (Å²) in [4.78, 5) is 11.5. The lowest BCUT2D eigenvalue weighted by molar-refractivity contribution is -0.130. The largest absolute Gasteiger partial charge is 0.380 e. The molecule has 15 heavy (non-hydrogen) atoms. The van der Waals surface area contributed by atoms with Crippen LogP contribution in [0.3, 0.4) is 0 Å². The molecule has 1 fully saturated rings. The second-order valence-corrected chi connectivity index (χ2v) is 3.82. The zero-order valence-electron chi connectivity index (χ0n) is 8.41. The van der Waals surface area contributed by atoms with Gasteiger partial charge in [0.15, 0.2) is 0 Å². The first-order valence-electron chi connectivity index (χ1n) is 5.10. The van der Waals surface area contributed by atoms with Crippen LogP contribution in [0.15, 0.2) is 24.3 Å². The molecule has 1 unspecified atom stereocenters. The summed E-state index contributed by atoms with van der Waals surface area (Å²) >= 11 is 0. The first-order chi connectivity index (χ1) is 7.25. The average molecular weight is 208 g/mol. The molecule has 1 aliphatic rings. The van der Waals surface area contributed by atoms with Crippen LogP contribution in [-0.2, 0) is 16.0 Å². The topological polar surface area (TPSA) is 26.3 Å². The number of carbonyl (C=O) groups excluding carboxylic acids is 1. The average Bonchev–Trinajstić information content (AvgIpc) is 2.22. The Morgan fingerprint density at radius 3 is 3.07 bits per heavy atom. The van der Waals surface area contributed by atoms with Crippen LogP contribution < -0.4 is 0 Å². The first-order valence-corrected chi connectivity index (χ1v) is 5.10. The maximum absolute atomic E-state index is 12.9. The molecule has 0 spiro atoms. The monoisotopic (exact) mass is 208 g/mol. The van der Waals surface area contributed by atoms with Crippen molar-refractivity contribution < 1.29 is 13.9 Å². The van der Waals surface area contributed by atoms with Crippen LogP contribution in [-0.4, -0.2) is 19.0 Å². The fourth-order valence-corrected chi connectivity index (χ4v) is 1.82. The first kappa shape index (κ1) is 10.3. The molecule has 0 N–H and O–H groups in total. The number of hydrogen-bond donors (Lipinski definition) is 0. The minimum Gasteiger partial charge on any atom is -0.380 e. The number of ether oxygens (including phenoxy) is 1. The van der Waals surface area contributed by atoms with E-state index in [1.165, 1.54) is 12.1 Å². The van der Waals surface area contributed by atoms with E-state index in [4.69, 9.17) is 4.74 Å². The summed E-state index contributed by atoms with van der Waals surface area (Å²) in [6.45, 7) is 0.994. The van der Waals surface area contributed by atoms with E-state index >= 15 is 0 Å². The van der Waals surface area contributed by atoms with Gasteiger partial charge in [-0.2, -0.15) is 0 Å². The van der Waals surface area contributed by atoms with Gasteiger partial charge in [0.05, 0.1) is 13.2 Å². The number of Topliss-reactive ketones (excluding diaryl/α,β-unsaturated/α-hetero) is 1. The highest BCUT2D eigenvalue weighted by Gasteiger charge is 2.22. The smallest absolute Gasteiger partial charge is 0.140 e. The predicted molar refractivity (Wildman–Crippen MR) is 54.0 cm³/mol. The number of benzene rings is 1. The second-order valence-electron chi connectivity index (χ2n) is 3.82.